The molecule has 4 aliphatic carbocycles. The van der Waals surface area contributed by atoms with E-state index in [4.69, 9.17) is 15.0 Å². The van der Waals surface area contributed by atoms with Crippen molar-refractivity contribution in [2.75, 3.05) is 0 Å². The van der Waals surface area contributed by atoms with Gasteiger partial charge in [0, 0.05) is 13.3 Å². The summed E-state index contributed by atoms with van der Waals surface area (Å²) in [5.41, 5.74) is -0.143. The van der Waals surface area contributed by atoms with Gasteiger partial charge in [0.25, 0.3) is 5.97 Å². The van der Waals surface area contributed by atoms with Crippen LogP contribution in [0.25, 0.3) is 0 Å². The molecule has 0 amide bonds. The van der Waals surface area contributed by atoms with E-state index in [0.29, 0.717) is 30.1 Å². The molecule has 4 rings (SSSR count). The number of fused-ring (bicyclic) bond motifs is 5. The molecule has 0 aromatic carbocycles. The Morgan fingerprint density at radius 1 is 0.970 bits per heavy atom. The van der Waals surface area contributed by atoms with Crippen molar-refractivity contribution < 1.29 is 35.1 Å². The van der Waals surface area contributed by atoms with Gasteiger partial charge in [-0.25, -0.2) is 0 Å². The molecule has 5 N–H and O–H groups in total. The van der Waals surface area contributed by atoms with Gasteiger partial charge in [0.2, 0.25) is 0 Å². The minimum atomic E-state index is -0.833. The molecule has 11 unspecified atom stereocenters. The fourth-order valence-corrected chi connectivity index (χ4v) is 8.68. The third kappa shape index (κ3) is 4.83. The molecule has 4 fully saturated rings. The van der Waals surface area contributed by atoms with Gasteiger partial charge in [-0.15, -0.1) is 0 Å². The third-order valence-corrected chi connectivity index (χ3v) is 10.3. The summed E-state index contributed by atoms with van der Waals surface area (Å²) in [7, 11) is 0. The van der Waals surface area contributed by atoms with Crippen molar-refractivity contribution >= 4 is 11.9 Å². The van der Waals surface area contributed by atoms with Gasteiger partial charge < -0.3 is 25.5 Å². The Labute approximate surface area is 197 Å². The number of carboxylic acid groups (broad SMARTS) is 2. The first-order valence-corrected chi connectivity index (χ1v) is 12.8. The van der Waals surface area contributed by atoms with Crippen molar-refractivity contribution in [3.05, 3.63) is 0 Å². The fraction of sp³-hybridized carbons (Fsp3) is 0.923. The fourth-order valence-electron chi connectivity index (χ4n) is 8.68. The summed E-state index contributed by atoms with van der Waals surface area (Å²) >= 11 is 0. The molecule has 0 heterocycles. The summed E-state index contributed by atoms with van der Waals surface area (Å²) in [6.45, 7) is 7.81. The number of aliphatic hydroxyl groups excluding tert-OH is 3. The Kier molecular flexibility index (Phi) is 7.87. The van der Waals surface area contributed by atoms with E-state index in [9.17, 15) is 20.1 Å². The number of aliphatic carboxylic acids is 2. The highest BCUT2D eigenvalue weighted by molar-refractivity contribution is 5.66. The number of aliphatic hydroxyl groups is 3. The van der Waals surface area contributed by atoms with Gasteiger partial charge in [-0.3, -0.25) is 9.59 Å². The average Bonchev–Trinajstić information content (AvgIpc) is 3.06. The van der Waals surface area contributed by atoms with Crippen LogP contribution in [0.1, 0.15) is 85.5 Å². The molecule has 190 valence electrons. The first-order chi connectivity index (χ1) is 15.3. The molecule has 0 aromatic rings. The molecule has 4 aliphatic rings. The van der Waals surface area contributed by atoms with Crippen LogP contribution in [0.15, 0.2) is 0 Å². The normalized spacial score (nSPS) is 47.2. The highest BCUT2D eigenvalue weighted by Crippen LogP contribution is 2.68. The van der Waals surface area contributed by atoms with Crippen LogP contribution in [-0.2, 0) is 9.59 Å². The minimum Gasteiger partial charge on any atom is -0.481 e. The first-order valence-electron chi connectivity index (χ1n) is 12.8. The maximum absolute atomic E-state index is 11.5. The molecule has 0 spiro atoms. The standard InChI is InChI=1S/C24H40O5.C2H4O2/c1-13(4-7-21(28)29)16-5-6-17-22-18(12-20(27)24(16,17)3)23(2)9-8-15(25)10-14(23)11-19(22)26;1-2(3)4/h13-20,22,25-27H,4-12H2,1-3H3,(H,28,29);1H3,(H,3,4). The number of hydrogen-bond acceptors (Lipinski definition) is 5. The molecule has 7 heteroatoms. The van der Waals surface area contributed by atoms with Crippen molar-refractivity contribution in [1.82, 2.24) is 0 Å². The van der Waals surface area contributed by atoms with Gasteiger partial charge in [-0.05, 0) is 97.7 Å². The SMILES string of the molecule is CC(=O)O.CC(CCC(=O)O)C1CCC2C3C(O)CC4CC(O)CCC4(C)C3CC(O)C12C. The Morgan fingerprint density at radius 2 is 1.61 bits per heavy atom. The number of rotatable bonds is 4. The minimum absolute atomic E-state index is 0.0957. The van der Waals surface area contributed by atoms with Gasteiger partial charge in [0.1, 0.15) is 0 Å². The molecule has 0 aliphatic heterocycles. The third-order valence-electron chi connectivity index (χ3n) is 10.3. The summed E-state index contributed by atoms with van der Waals surface area (Å²) in [5, 5.41) is 49.4. The number of hydrogen-bond donors (Lipinski definition) is 5. The lowest BCUT2D eigenvalue weighted by Gasteiger charge is -2.63. The van der Waals surface area contributed by atoms with Gasteiger partial charge in [-0.1, -0.05) is 20.8 Å². The van der Waals surface area contributed by atoms with Crippen molar-refractivity contribution in [3.8, 4) is 0 Å². The second-order valence-electron chi connectivity index (χ2n) is 12.0. The zero-order valence-corrected chi connectivity index (χ0v) is 20.6. The zero-order chi connectivity index (χ0) is 24.7. The Morgan fingerprint density at radius 3 is 2.21 bits per heavy atom. The van der Waals surface area contributed by atoms with Gasteiger partial charge in [-0.2, -0.15) is 0 Å². The smallest absolute Gasteiger partial charge is 0.303 e. The van der Waals surface area contributed by atoms with Crippen LogP contribution in [-0.4, -0.2) is 55.8 Å². The lowest BCUT2D eigenvalue weighted by molar-refractivity contribution is -0.207. The second kappa shape index (κ2) is 9.82. The van der Waals surface area contributed by atoms with E-state index in [0.717, 1.165) is 51.9 Å². The van der Waals surface area contributed by atoms with Crippen LogP contribution in [0.5, 0.6) is 0 Å². The van der Waals surface area contributed by atoms with Crippen LogP contribution in [0, 0.1) is 46.3 Å². The molecule has 0 aromatic heterocycles. The topological polar surface area (TPSA) is 135 Å². The molecular formula is C26H44O7. The second-order valence-corrected chi connectivity index (χ2v) is 12.0. The molecule has 0 bridgehead atoms. The number of carboxylic acids is 2. The average molecular weight is 469 g/mol. The maximum atomic E-state index is 11.5. The van der Waals surface area contributed by atoms with E-state index in [1.54, 1.807) is 0 Å². The van der Waals surface area contributed by atoms with Crippen LogP contribution < -0.4 is 0 Å². The van der Waals surface area contributed by atoms with Crippen molar-refractivity contribution in [2.24, 2.45) is 46.3 Å². The summed E-state index contributed by atoms with van der Waals surface area (Å²) in [4.78, 5) is 20.1. The molecule has 33 heavy (non-hydrogen) atoms. The molecule has 4 saturated carbocycles. The summed E-state index contributed by atoms with van der Waals surface area (Å²) in [6, 6.07) is 0. The van der Waals surface area contributed by atoms with Gasteiger partial charge >= 0.3 is 5.97 Å². The van der Waals surface area contributed by atoms with Crippen LogP contribution in [0.3, 0.4) is 0 Å². The van der Waals surface area contributed by atoms with Gasteiger partial charge in [0.05, 0.1) is 18.3 Å². The quantitative estimate of drug-likeness (QED) is 0.426. The maximum Gasteiger partial charge on any atom is 0.303 e. The van der Waals surface area contributed by atoms with E-state index in [-0.39, 0.29) is 41.3 Å². The zero-order valence-electron chi connectivity index (χ0n) is 20.6. The summed E-state index contributed by atoms with van der Waals surface area (Å²) in [6.07, 6.45) is 6.00. The predicted molar refractivity (Wildman–Crippen MR) is 123 cm³/mol. The lowest BCUT2D eigenvalue weighted by Crippen LogP contribution is -2.62. The molecule has 7 nitrogen and oxygen atoms in total. The summed E-state index contributed by atoms with van der Waals surface area (Å²) in [5.74, 6) is 0.164. The first kappa shape index (κ1) is 26.4. The largest absolute Gasteiger partial charge is 0.481 e. The van der Waals surface area contributed by atoms with Crippen molar-refractivity contribution in [1.29, 1.82) is 0 Å². The lowest BCUT2D eigenvalue weighted by atomic mass is 9.43. The highest BCUT2D eigenvalue weighted by Gasteiger charge is 2.65. The Balaban J connectivity index is 0.000000709. The predicted octanol–water partition coefficient (Wildman–Crippen LogP) is 3.54. The molecule has 11 atom stereocenters. The monoisotopic (exact) mass is 468 g/mol. The molecule has 0 radical (unpaired) electrons. The van der Waals surface area contributed by atoms with E-state index in [1.165, 1.54) is 0 Å². The van der Waals surface area contributed by atoms with Crippen molar-refractivity contribution in [3.63, 3.8) is 0 Å². The van der Waals surface area contributed by atoms with Gasteiger partial charge in [0.15, 0.2) is 0 Å². The van der Waals surface area contributed by atoms with Crippen LogP contribution in [0.4, 0.5) is 0 Å². The Hall–Kier alpha value is -1.18. The van der Waals surface area contributed by atoms with E-state index >= 15 is 0 Å². The number of carbonyl (C=O) groups is 2. The van der Waals surface area contributed by atoms with Crippen molar-refractivity contribution in [2.45, 2.75) is 104 Å². The Bertz CT molecular complexity index is 721. The van der Waals surface area contributed by atoms with E-state index < -0.39 is 18.0 Å². The van der Waals surface area contributed by atoms with Crippen LogP contribution in [0.2, 0.25) is 0 Å². The molecule has 0 saturated heterocycles. The van der Waals surface area contributed by atoms with Crippen LogP contribution >= 0.6 is 0 Å². The highest BCUT2D eigenvalue weighted by atomic mass is 16.4. The summed E-state index contributed by atoms with van der Waals surface area (Å²) < 4.78 is 0. The van der Waals surface area contributed by atoms with E-state index in [2.05, 4.69) is 20.8 Å². The van der Waals surface area contributed by atoms with E-state index in [1.807, 2.05) is 0 Å². The molecular weight excluding hydrogens is 424 g/mol.